The van der Waals surface area contributed by atoms with Gasteiger partial charge in [0.05, 0.1) is 5.69 Å². The lowest BCUT2D eigenvalue weighted by atomic mass is 10.0. The maximum Gasteiger partial charge on any atom is 0.101 e. The Morgan fingerprint density at radius 3 is 2.76 bits per heavy atom. The third-order valence-corrected chi connectivity index (χ3v) is 5.15. The molecule has 0 aliphatic heterocycles. The molecule has 0 radical (unpaired) electrons. The first kappa shape index (κ1) is 12.6. The molecule has 1 heterocycles. The molecule has 3 heteroatoms. The molecule has 1 aliphatic carbocycles. The summed E-state index contributed by atoms with van der Waals surface area (Å²) in [6.45, 7) is 0. The highest BCUT2D eigenvalue weighted by molar-refractivity contribution is 7.10. The van der Waals surface area contributed by atoms with Crippen LogP contribution < -0.4 is 5.73 Å². The second-order valence-electron chi connectivity index (χ2n) is 5.45. The zero-order valence-corrected chi connectivity index (χ0v) is 12.4. The Balaban J connectivity index is 1.72. The quantitative estimate of drug-likeness (QED) is 0.708. The van der Waals surface area contributed by atoms with Crippen molar-refractivity contribution in [1.29, 1.82) is 0 Å². The number of benzene rings is 2. The van der Waals surface area contributed by atoms with E-state index in [1.54, 1.807) is 11.3 Å². The predicted molar refractivity (Wildman–Crippen MR) is 88.6 cm³/mol. The first-order chi connectivity index (χ1) is 10.3. The van der Waals surface area contributed by atoms with Crippen molar-refractivity contribution in [2.45, 2.75) is 18.8 Å². The molecule has 4 rings (SSSR count). The lowest BCUT2D eigenvalue weighted by Gasteiger charge is -2.07. The van der Waals surface area contributed by atoms with Gasteiger partial charge in [0.1, 0.15) is 5.01 Å². The van der Waals surface area contributed by atoms with E-state index in [1.807, 2.05) is 24.3 Å². The van der Waals surface area contributed by atoms with Crippen molar-refractivity contribution in [3.63, 3.8) is 0 Å². The molecule has 0 fully saturated rings. The molecule has 3 aromatic rings. The van der Waals surface area contributed by atoms with Crippen LogP contribution in [0.15, 0.2) is 53.9 Å². The highest BCUT2D eigenvalue weighted by Gasteiger charge is 2.26. The first-order valence-corrected chi connectivity index (χ1v) is 8.09. The van der Waals surface area contributed by atoms with Crippen molar-refractivity contribution >= 4 is 17.0 Å². The Hall–Kier alpha value is -2.13. The van der Waals surface area contributed by atoms with Crippen LogP contribution in [0.2, 0.25) is 0 Å². The molecule has 0 amide bonds. The zero-order chi connectivity index (χ0) is 14.2. The molecule has 0 spiro atoms. The molecule has 21 heavy (non-hydrogen) atoms. The average Bonchev–Trinajstić information content (AvgIpc) is 3.14. The Morgan fingerprint density at radius 1 is 1.05 bits per heavy atom. The number of fused-ring (bicyclic) bond motifs is 1. The van der Waals surface area contributed by atoms with Gasteiger partial charge in [0, 0.05) is 22.5 Å². The van der Waals surface area contributed by atoms with Gasteiger partial charge in [-0.3, -0.25) is 0 Å². The largest absolute Gasteiger partial charge is 0.398 e. The summed E-state index contributed by atoms with van der Waals surface area (Å²) in [5.74, 6) is 0.449. The summed E-state index contributed by atoms with van der Waals surface area (Å²) in [6, 6.07) is 16.7. The molecule has 0 saturated heterocycles. The average molecular weight is 292 g/mol. The van der Waals surface area contributed by atoms with E-state index in [-0.39, 0.29) is 0 Å². The lowest BCUT2D eigenvalue weighted by Crippen LogP contribution is -1.96. The number of hydrogen-bond acceptors (Lipinski definition) is 3. The number of aryl methyl sites for hydroxylation is 1. The SMILES string of the molecule is Nc1ccccc1-c1csc(C2CCc3ccccc32)n1. The monoisotopic (exact) mass is 292 g/mol. The summed E-state index contributed by atoms with van der Waals surface area (Å²) >= 11 is 1.75. The molecule has 1 aromatic heterocycles. The normalized spacial score (nSPS) is 16.9. The summed E-state index contributed by atoms with van der Waals surface area (Å²) in [4.78, 5) is 4.86. The lowest BCUT2D eigenvalue weighted by molar-refractivity contribution is 0.781. The fourth-order valence-electron chi connectivity index (χ4n) is 3.12. The van der Waals surface area contributed by atoms with Gasteiger partial charge in [-0.05, 0) is 30.0 Å². The number of hydrogen-bond donors (Lipinski definition) is 1. The van der Waals surface area contributed by atoms with Crippen LogP contribution in [0, 0.1) is 0 Å². The van der Waals surface area contributed by atoms with E-state index >= 15 is 0 Å². The van der Waals surface area contributed by atoms with Gasteiger partial charge in [-0.1, -0.05) is 42.5 Å². The number of rotatable bonds is 2. The number of nitrogen functional groups attached to an aromatic ring is 1. The topological polar surface area (TPSA) is 38.9 Å². The van der Waals surface area contributed by atoms with E-state index in [2.05, 4.69) is 29.6 Å². The number of nitrogens with two attached hydrogens (primary N) is 1. The molecule has 1 aliphatic rings. The summed E-state index contributed by atoms with van der Waals surface area (Å²) in [6.07, 6.45) is 2.32. The molecule has 1 atom stereocenters. The van der Waals surface area contributed by atoms with Crippen LogP contribution in [0.4, 0.5) is 5.69 Å². The third kappa shape index (κ3) is 2.14. The van der Waals surface area contributed by atoms with Crippen molar-refractivity contribution < 1.29 is 0 Å². The number of thiazole rings is 1. The van der Waals surface area contributed by atoms with Crippen molar-refractivity contribution in [2.24, 2.45) is 0 Å². The number of aromatic nitrogens is 1. The fraction of sp³-hybridized carbons (Fsp3) is 0.167. The second kappa shape index (κ2) is 5.01. The number of nitrogens with zero attached hydrogens (tertiary/aromatic N) is 1. The smallest absolute Gasteiger partial charge is 0.101 e. The van der Waals surface area contributed by atoms with Crippen molar-refractivity contribution in [3.05, 3.63) is 70.0 Å². The highest BCUT2D eigenvalue weighted by atomic mass is 32.1. The maximum atomic E-state index is 6.06. The Labute approximate surface area is 128 Å². The molecule has 2 nitrogen and oxygen atoms in total. The van der Waals surface area contributed by atoms with E-state index in [0.717, 1.165) is 29.8 Å². The van der Waals surface area contributed by atoms with Gasteiger partial charge in [0.2, 0.25) is 0 Å². The van der Waals surface area contributed by atoms with Crippen LogP contribution in [0.3, 0.4) is 0 Å². The number of para-hydroxylation sites is 1. The van der Waals surface area contributed by atoms with E-state index in [4.69, 9.17) is 10.7 Å². The number of anilines is 1. The predicted octanol–water partition coefficient (Wildman–Crippen LogP) is 4.47. The molecule has 1 unspecified atom stereocenters. The minimum absolute atomic E-state index is 0.449. The van der Waals surface area contributed by atoms with Gasteiger partial charge < -0.3 is 5.73 Å². The van der Waals surface area contributed by atoms with Gasteiger partial charge in [0.25, 0.3) is 0 Å². The van der Waals surface area contributed by atoms with E-state index in [0.29, 0.717) is 5.92 Å². The summed E-state index contributed by atoms with van der Waals surface area (Å²) in [5.41, 5.74) is 11.8. The van der Waals surface area contributed by atoms with E-state index < -0.39 is 0 Å². The van der Waals surface area contributed by atoms with Crippen molar-refractivity contribution in [3.8, 4) is 11.3 Å². The van der Waals surface area contributed by atoms with Crippen molar-refractivity contribution in [2.75, 3.05) is 5.73 Å². The first-order valence-electron chi connectivity index (χ1n) is 7.21. The van der Waals surface area contributed by atoms with Crippen LogP contribution in [0.25, 0.3) is 11.3 Å². The highest BCUT2D eigenvalue weighted by Crippen LogP contribution is 2.40. The van der Waals surface area contributed by atoms with Gasteiger partial charge in [-0.2, -0.15) is 0 Å². The van der Waals surface area contributed by atoms with Gasteiger partial charge in [0.15, 0.2) is 0 Å². The molecule has 104 valence electrons. The van der Waals surface area contributed by atoms with Crippen molar-refractivity contribution in [1.82, 2.24) is 4.98 Å². The third-order valence-electron chi connectivity index (χ3n) is 4.19. The Morgan fingerprint density at radius 2 is 1.86 bits per heavy atom. The molecule has 0 saturated carbocycles. The minimum atomic E-state index is 0.449. The molecular weight excluding hydrogens is 276 g/mol. The summed E-state index contributed by atoms with van der Waals surface area (Å²) in [5, 5.41) is 3.33. The Kier molecular flexibility index (Phi) is 3.00. The van der Waals surface area contributed by atoms with Crippen LogP contribution in [-0.4, -0.2) is 4.98 Å². The van der Waals surface area contributed by atoms with E-state index in [9.17, 15) is 0 Å². The molecule has 0 bridgehead atoms. The second-order valence-corrected chi connectivity index (χ2v) is 6.34. The summed E-state index contributed by atoms with van der Waals surface area (Å²) in [7, 11) is 0. The maximum absolute atomic E-state index is 6.06. The molecule has 2 N–H and O–H groups in total. The summed E-state index contributed by atoms with van der Waals surface area (Å²) < 4.78 is 0. The van der Waals surface area contributed by atoms with Gasteiger partial charge in [-0.25, -0.2) is 4.98 Å². The van der Waals surface area contributed by atoms with E-state index in [1.165, 1.54) is 16.1 Å². The Bertz CT molecular complexity index is 791. The standard InChI is InChI=1S/C18H16N2S/c19-16-8-4-3-7-15(16)17-11-21-18(20-17)14-10-9-12-5-1-2-6-13(12)14/h1-8,11,14H,9-10,19H2. The van der Waals surface area contributed by atoms with Gasteiger partial charge >= 0.3 is 0 Å². The van der Waals surface area contributed by atoms with Crippen LogP contribution in [0.5, 0.6) is 0 Å². The molecular formula is C18H16N2S. The van der Waals surface area contributed by atoms with Crippen LogP contribution >= 0.6 is 11.3 Å². The van der Waals surface area contributed by atoms with Crippen LogP contribution in [-0.2, 0) is 6.42 Å². The van der Waals surface area contributed by atoms with Gasteiger partial charge in [-0.15, -0.1) is 11.3 Å². The fourth-order valence-corrected chi connectivity index (χ4v) is 4.09. The zero-order valence-electron chi connectivity index (χ0n) is 11.6. The minimum Gasteiger partial charge on any atom is -0.398 e. The van der Waals surface area contributed by atoms with Crippen LogP contribution in [0.1, 0.15) is 28.5 Å². The molecule has 2 aromatic carbocycles.